The van der Waals surface area contributed by atoms with E-state index in [0.717, 1.165) is 12.8 Å². The number of rotatable bonds is 6. The lowest BCUT2D eigenvalue weighted by Crippen LogP contribution is -2.39. The molecule has 1 N–H and O–H groups in total. The summed E-state index contributed by atoms with van der Waals surface area (Å²) in [7, 11) is 0. The largest absolute Gasteiger partial charge is 0.474 e. The number of nitrogens with zero attached hydrogens (tertiary/aromatic N) is 1. The minimum Gasteiger partial charge on any atom is -0.474 e. The molecule has 0 unspecified atom stereocenters. The number of hydrogen-bond donors (Lipinski definition) is 1. The second kappa shape index (κ2) is 7.77. The average molecular weight is 306 g/mol. The van der Waals surface area contributed by atoms with Gasteiger partial charge in [0.2, 0.25) is 0 Å². The highest BCUT2D eigenvalue weighted by molar-refractivity contribution is 5.80. The van der Waals surface area contributed by atoms with Gasteiger partial charge in [0.05, 0.1) is 4.92 Å². The van der Waals surface area contributed by atoms with Crippen LogP contribution in [0.2, 0.25) is 0 Å². The molecule has 1 atom stereocenters. The highest BCUT2D eigenvalue weighted by Gasteiger charge is 2.21. The molecule has 2 rings (SSSR count). The minimum absolute atomic E-state index is 0.118. The molecule has 1 aliphatic rings. The molecule has 0 aliphatic heterocycles. The quantitative estimate of drug-likeness (QED) is 0.647. The zero-order valence-electron chi connectivity index (χ0n) is 12.8. The average Bonchev–Trinajstić information content (AvgIpc) is 2.53. The molecule has 6 heteroatoms. The van der Waals surface area contributed by atoms with Gasteiger partial charge in [0, 0.05) is 12.6 Å². The van der Waals surface area contributed by atoms with E-state index in [4.69, 9.17) is 4.74 Å². The first-order valence-corrected chi connectivity index (χ1v) is 7.75. The summed E-state index contributed by atoms with van der Waals surface area (Å²) in [5, 5.41) is 13.8. The predicted molar refractivity (Wildman–Crippen MR) is 82.8 cm³/mol. The molecule has 1 amide bonds. The SMILES string of the molecule is C[C@H](Oc1ccccc1[N+](=O)[O-])C(=O)NCC1CCCCC1. The predicted octanol–water partition coefficient (Wildman–Crippen LogP) is 3.06. The lowest BCUT2D eigenvalue weighted by molar-refractivity contribution is -0.386. The first kappa shape index (κ1) is 16.3. The van der Waals surface area contributed by atoms with E-state index in [1.165, 1.54) is 31.4 Å². The fraction of sp³-hybridized carbons (Fsp3) is 0.562. The molecule has 1 aromatic carbocycles. The van der Waals surface area contributed by atoms with Gasteiger partial charge in [-0.15, -0.1) is 0 Å². The maximum atomic E-state index is 12.1. The van der Waals surface area contributed by atoms with Gasteiger partial charge in [0.15, 0.2) is 11.9 Å². The molecule has 22 heavy (non-hydrogen) atoms. The van der Waals surface area contributed by atoms with Gasteiger partial charge < -0.3 is 10.1 Å². The van der Waals surface area contributed by atoms with Gasteiger partial charge in [-0.3, -0.25) is 14.9 Å². The Morgan fingerprint density at radius 2 is 2.05 bits per heavy atom. The number of hydrogen-bond acceptors (Lipinski definition) is 4. The van der Waals surface area contributed by atoms with Crippen molar-refractivity contribution in [1.29, 1.82) is 0 Å². The molecule has 0 bridgehead atoms. The number of nitro benzene ring substituents is 1. The van der Waals surface area contributed by atoms with E-state index in [-0.39, 0.29) is 17.3 Å². The van der Waals surface area contributed by atoms with Crippen molar-refractivity contribution in [3.63, 3.8) is 0 Å². The molecule has 1 aliphatic carbocycles. The molecule has 0 radical (unpaired) electrons. The summed E-state index contributed by atoms with van der Waals surface area (Å²) >= 11 is 0. The second-order valence-corrected chi connectivity index (χ2v) is 5.73. The van der Waals surface area contributed by atoms with Crippen LogP contribution in [-0.4, -0.2) is 23.5 Å². The van der Waals surface area contributed by atoms with Crippen molar-refractivity contribution >= 4 is 11.6 Å². The molecule has 0 aromatic heterocycles. The monoisotopic (exact) mass is 306 g/mol. The van der Waals surface area contributed by atoms with Crippen molar-refractivity contribution in [3.05, 3.63) is 34.4 Å². The van der Waals surface area contributed by atoms with Crippen LogP contribution in [0.1, 0.15) is 39.0 Å². The standard InChI is InChI=1S/C16H22N2O4/c1-12(16(19)17-11-13-7-3-2-4-8-13)22-15-10-6-5-9-14(15)18(20)21/h5-6,9-10,12-13H,2-4,7-8,11H2,1H3,(H,17,19)/t12-/m0/s1. The van der Waals surface area contributed by atoms with Crippen molar-refractivity contribution < 1.29 is 14.5 Å². The molecular formula is C16H22N2O4. The van der Waals surface area contributed by atoms with Crippen LogP contribution in [0.3, 0.4) is 0 Å². The van der Waals surface area contributed by atoms with Crippen molar-refractivity contribution in [1.82, 2.24) is 5.32 Å². The first-order chi connectivity index (χ1) is 10.6. The summed E-state index contributed by atoms with van der Waals surface area (Å²) in [6, 6.07) is 6.08. The van der Waals surface area contributed by atoms with E-state index < -0.39 is 11.0 Å². The molecule has 1 saturated carbocycles. The number of nitrogens with one attached hydrogen (secondary N) is 1. The third-order valence-corrected chi connectivity index (χ3v) is 4.02. The molecule has 1 aromatic rings. The Labute approximate surface area is 130 Å². The normalized spacial score (nSPS) is 16.8. The Kier molecular flexibility index (Phi) is 5.75. The van der Waals surface area contributed by atoms with E-state index in [1.807, 2.05) is 0 Å². The summed E-state index contributed by atoms with van der Waals surface area (Å²) in [6.45, 7) is 2.26. The lowest BCUT2D eigenvalue weighted by atomic mass is 9.89. The Hall–Kier alpha value is -2.11. The fourth-order valence-corrected chi connectivity index (χ4v) is 2.73. The van der Waals surface area contributed by atoms with Crippen LogP contribution in [0.4, 0.5) is 5.69 Å². The summed E-state index contributed by atoms with van der Waals surface area (Å²) < 4.78 is 5.45. The minimum atomic E-state index is -0.760. The van der Waals surface area contributed by atoms with Gasteiger partial charge in [-0.1, -0.05) is 31.4 Å². The van der Waals surface area contributed by atoms with Crippen molar-refractivity contribution in [2.45, 2.75) is 45.1 Å². The Morgan fingerprint density at radius 3 is 2.73 bits per heavy atom. The zero-order valence-corrected chi connectivity index (χ0v) is 12.8. The van der Waals surface area contributed by atoms with Crippen molar-refractivity contribution in [2.24, 2.45) is 5.92 Å². The van der Waals surface area contributed by atoms with Crippen LogP contribution in [0.15, 0.2) is 24.3 Å². The molecule has 6 nitrogen and oxygen atoms in total. The third kappa shape index (κ3) is 4.44. The number of benzene rings is 1. The highest BCUT2D eigenvalue weighted by Crippen LogP contribution is 2.27. The molecular weight excluding hydrogens is 284 g/mol. The van der Waals surface area contributed by atoms with Gasteiger partial charge >= 0.3 is 5.69 Å². The second-order valence-electron chi connectivity index (χ2n) is 5.73. The number of para-hydroxylation sites is 2. The van der Waals surface area contributed by atoms with Crippen LogP contribution in [0, 0.1) is 16.0 Å². The van der Waals surface area contributed by atoms with E-state index in [0.29, 0.717) is 12.5 Å². The third-order valence-electron chi connectivity index (χ3n) is 4.02. The first-order valence-electron chi connectivity index (χ1n) is 7.75. The summed E-state index contributed by atoms with van der Waals surface area (Å²) in [6.07, 6.45) is 5.27. The van der Waals surface area contributed by atoms with Crippen LogP contribution < -0.4 is 10.1 Å². The molecule has 0 saturated heterocycles. The van der Waals surface area contributed by atoms with Crippen molar-refractivity contribution in [3.8, 4) is 5.75 Å². The van der Waals surface area contributed by atoms with Crippen LogP contribution >= 0.6 is 0 Å². The maximum Gasteiger partial charge on any atom is 0.310 e. The van der Waals surface area contributed by atoms with Crippen molar-refractivity contribution in [2.75, 3.05) is 6.54 Å². The van der Waals surface area contributed by atoms with Gasteiger partial charge in [-0.2, -0.15) is 0 Å². The van der Waals surface area contributed by atoms with E-state index in [1.54, 1.807) is 19.1 Å². The number of ether oxygens (including phenoxy) is 1. The smallest absolute Gasteiger partial charge is 0.310 e. The van der Waals surface area contributed by atoms with Gasteiger partial charge in [0.1, 0.15) is 0 Å². The number of carbonyl (C=O) groups excluding carboxylic acids is 1. The molecule has 1 fully saturated rings. The highest BCUT2D eigenvalue weighted by atomic mass is 16.6. The molecule has 0 heterocycles. The Balaban J connectivity index is 1.87. The maximum absolute atomic E-state index is 12.1. The lowest BCUT2D eigenvalue weighted by Gasteiger charge is -2.22. The van der Waals surface area contributed by atoms with Crippen LogP contribution in [0.25, 0.3) is 0 Å². The van der Waals surface area contributed by atoms with Crippen LogP contribution in [-0.2, 0) is 4.79 Å². The molecule has 0 spiro atoms. The van der Waals surface area contributed by atoms with E-state index in [9.17, 15) is 14.9 Å². The number of carbonyl (C=O) groups is 1. The topological polar surface area (TPSA) is 81.5 Å². The van der Waals surface area contributed by atoms with Crippen LogP contribution in [0.5, 0.6) is 5.75 Å². The number of nitro groups is 1. The fourth-order valence-electron chi connectivity index (χ4n) is 2.73. The summed E-state index contributed by atoms with van der Waals surface area (Å²) in [5.74, 6) is 0.424. The molecule has 120 valence electrons. The van der Waals surface area contributed by atoms with Gasteiger partial charge in [-0.25, -0.2) is 0 Å². The van der Waals surface area contributed by atoms with Gasteiger partial charge in [-0.05, 0) is 31.7 Å². The van der Waals surface area contributed by atoms with E-state index >= 15 is 0 Å². The summed E-state index contributed by atoms with van der Waals surface area (Å²) in [4.78, 5) is 22.5. The Bertz CT molecular complexity index is 527. The zero-order chi connectivity index (χ0) is 15.9. The summed E-state index contributed by atoms with van der Waals surface area (Å²) in [5.41, 5.74) is -0.130. The van der Waals surface area contributed by atoms with Gasteiger partial charge in [0.25, 0.3) is 5.91 Å². The Morgan fingerprint density at radius 1 is 1.36 bits per heavy atom. The van der Waals surface area contributed by atoms with E-state index in [2.05, 4.69) is 5.32 Å². The number of amides is 1.